The molecule has 0 aliphatic rings. The molecule has 1 amide bonds. The van der Waals surface area contributed by atoms with Crippen molar-refractivity contribution in [3.63, 3.8) is 0 Å². The highest BCUT2D eigenvalue weighted by Gasteiger charge is 2.35. The van der Waals surface area contributed by atoms with E-state index >= 15 is 0 Å². The number of nitrogens with one attached hydrogen (secondary N) is 1. The first kappa shape index (κ1) is 25.8. The summed E-state index contributed by atoms with van der Waals surface area (Å²) in [7, 11) is 0. The number of ether oxygens (including phenoxy) is 2. The molecule has 2 aromatic rings. The first-order chi connectivity index (χ1) is 14.7. The predicted octanol–water partition coefficient (Wildman–Crippen LogP) is 5.48. The van der Waals surface area contributed by atoms with Gasteiger partial charge in [0.2, 0.25) is 0 Å². The summed E-state index contributed by atoms with van der Waals surface area (Å²) in [6.45, 7) is 7.19. The highest BCUT2D eigenvalue weighted by Crippen LogP contribution is 2.28. The second-order valence-corrected chi connectivity index (χ2v) is 10.3. The highest BCUT2D eigenvalue weighted by molar-refractivity contribution is 14.1. The van der Waals surface area contributed by atoms with Gasteiger partial charge in [-0.15, -0.1) is 0 Å². The molecular formula is C24H29BrINO4. The first-order valence-electron chi connectivity index (χ1n) is 10.0. The summed E-state index contributed by atoms with van der Waals surface area (Å²) >= 11 is 5.54. The third-order valence-corrected chi connectivity index (χ3v) is 6.19. The average molecular weight is 602 g/mol. The van der Waals surface area contributed by atoms with Gasteiger partial charge in [-0.1, -0.05) is 72.2 Å². The molecule has 168 valence electrons. The quantitative estimate of drug-likeness (QED) is 0.274. The molecule has 0 heterocycles. The van der Waals surface area contributed by atoms with Crippen LogP contribution >= 0.6 is 38.5 Å². The lowest BCUT2D eigenvalue weighted by atomic mass is 9.80. The number of carbonyl (C=O) groups excluding carboxylic acids is 2. The standard InChI is InChI=1S/C24H29BrINO4/c1-23(2,15-27-22(29)31-14-18-8-5-4-6-9-18)16-30-17-24(3,21(28)13-25)19-10-7-11-20(26)12-19/h4-12H,13-17H2,1-3H3,(H,27,29). The molecule has 0 aliphatic carbocycles. The van der Waals surface area contributed by atoms with Crippen LogP contribution in [0, 0.1) is 8.99 Å². The normalized spacial score (nSPS) is 13.3. The number of hydrogen-bond donors (Lipinski definition) is 1. The third kappa shape index (κ3) is 8.20. The van der Waals surface area contributed by atoms with E-state index in [1.54, 1.807) is 0 Å². The van der Waals surface area contributed by atoms with Gasteiger partial charge in [-0.3, -0.25) is 4.79 Å². The van der Waals surface area contributed by atoms with Crippen LogP contribution in [0.5, 0.6) is 0 Å². The lowest BCUT2D eigenvalue weighted by molar-refractivity contribution is -0.124. The molecule has 0 saturated heterocycles. The van der Waals surface area contributed by atoms with Crippen LogP contribution in [0.2, 0.25) is 0 Å². The highest BCUT2D eigenvalue weighted by atomic mass is 127. The molecule has 31 heavy (non-hydrogen) atoms. The SMILES string of the molecule is CC(C)(CNC(=O)OCc1ccccc1)COCC(C)(C(=O)CBr)c1cccc(I)c1. The second kappa shape index (κ2) is 12.0. The number of halogens is 2. The maximum absolute atomic E-state index is 12.7. The van der Waals surface area contributed by atoms with E-state index in [-0.39, 0.29) is 29.7 Å². The lowest BCUT2D eigenvalue weighted by Crippen LogP contribution is -2.41. The summed E-state index contributed by atoms with van der Waals surface area (Å²) < 4.78 is 12.3. The van der Waals surface area contributed by atoms with Crippen LogP contribution in [0.25, 0.3) is 0 Å². The van der Waals surface area contributed by atoms with Gasteiger partial charge in [0.05, 0.1) is 24.0 Å². The fraction of sp³-hybridized carbons (Fsp3) is 0.417. The summed E-state index contributed by atoms with van der Waals surface area (Å²) in [5.41, 5.74) is 0.800. The van der Waals surface area contributed by atoms with Gasteiger partial charge < -0.3 is 14.8 Å². The van der Waals surface area contributed by atoms with Crippen molar-refractivity contribution in [3.05, 3.63) is 69.3 Å². The van der Waals surface area contributed by atoms with E-state index in [0.717, 1.165) is 14.7 Å². The van der Waals surface area contributed by atoms with Gasteiger partial charge in [-0.25, -0.2) is 4.79 Å². The van der Waals surface area contributed by atoms with Crippen molar-refractivity contribution in [2.24, 2.45) is 5.41 Å². The van der Waals surface area contributed by atoms with Gasteiger partial charge in [-0.05, 0) is 52.8 Å². The number of carbonyl (C=O) groups is 2. The third-order valence-electron chi connectivity index (χ3n) is 5.01. The van der Waals surface area contributed by atoms with E-state index in [0.29, 0.717) is 13.2 Å². The molecule has 1 N–H and O–H groups in total. The molecule has 0 spiro atoms. The number of hydrogen-bond acceptors (Lipinski definition) is 4. The summed E-state index contributed by atoms with van der Waals surface area (Å²) in [6, 6.07) is 17.5. The number of alkyl carbamates (subject to hydrolysis) is 1. The number of amides is 1. The Balaban J connectivity index is 1.86. The van der Waals surface area contributed by atoms with E-state index in [4.69, 9.17) is 9.47 Å². The van der Waals surface area contributed by atoms with Gasteiger partial charge in [-0.2, -0.15) is 0 Å². The van der Waals surface area contributed by atoms with Crippen LogP contribution in [-0.2, 0) is 26.3 Å². The molecule has 7 heteroatoms. The fourth-order valence-electron chi connectivity index (χ4n) is 2.97. The smallest absolute Gasteiger partial charge is 0.407 e. The van der Waals surface area contributed by atoms with E-state index in [1.807, 2.05) is 75.4 Å². The zero-order valence-electron chi connectivity index (χ0n) is 18.1. The Kier molecular flexibility index (Phi) is 9.96. The lowest BCUT2D eigenvalue weighted by Gasteiger charge is -2.31. The van der Waals surface area contributed by atoms with Crippen molar-refractivity contribution in [2.45, 2.75) is 32.8 Å². The zero-order chi connectivity index (χ0) is 22.9. The van der Waals surface area contributed by atoms with Gasteiger partial charge in [0.15, 0.2) is 5.78 Å². The number of benzene rings is 2. The molecule has 1 unspecified atom stereocenters. The van der Waals surface area contributed by atoms with Gasteiger partial charge in [0, 0.05) is 15.5 Å². The van der Waals surface area contributed by atoms with Crippen molar-refractivity contribution in [3.8, 4) is 0 Å². The molecule has 0 aliphatic heterocycles. The molecule has 1 atom stereocenters. The van der Waals surface area contributed by atoms with Crippen LogP contribution in [-0.4, -0.2) is 37.0 Å². The Morgan fingerprint density at radius 1 is 1.03 bits per heavy atom. The van der Waals surface area contributed by atoms with E-state index in [2.05, 4.69) is 43.8 Å². The van der Waals surface area contributed by atoms with Crippen LogP contribution in [0.15, 0.2) is 54.6 Å². The molecular weight excluding hydrogens is 573 g/mol. The van der Waals surface area contributed by atoms with Crippen molar-refractivity contribution in [2.75, 3.05) is 25.1 Å². The van der Waals surface area contributed by atoms with E-state index < -0.39 is 11.5 Å². The maximum Gasteiger partial charge on any atom is 0.407 e. The maximum atomic E-state index is 12.7. The fourth-order valence-corrected chi connectivity index (χ4v) is 4.13. The first-order valence-corrected chi connectivity index (χ1v) is 12.2. The minimum Gasteiger partial charge on any atom is -0.445 e. The summed E-state index contributed by atoms with van der Waals surface area (Å²) in [5, 5.41) is 3.06. The summed E-state index contributed by atoms with van der Waals surface area (Å²) in [5.74, 6) is 0.0647. The molecule has 0 radical (unpaired) electrons. The number of rotatable bonds is 11. The van der Waals surface area contributed by atoms with Crippen molar-refractivity contribution < 1.29 is 19.1 Å². The van der Waals surface area contributed by atoms with E-state index in [9.17, 15) is 9.59 Å². The minimum atomic E-state index is -0.747. The Morgan fingerprint density at radius 3 is 2.39 bits per heavy atom. The van der Waals surface area contributed by atoms with Gasteiger partial charge in [0.25, 0.3) is 0 Å². The Labute approximate surface area is 206 Å². The van der Waals surface area contributed by atoms with Crippen LogP contribution in [0.3, 0.4) is 0 Å². The van der Waals surface area contributed by atoms with Crippen LogP contribution < -0.4 is 5.32 Å². The number of ketones is 1. The Bertz CT molecular complexity index is 875. The molecule has 2 aromatic carbocycles. The van der Waals surface area contributed by atoms with Crippen molar-refractivity contribution in [1.29, 1.82) is 0 Å². The van der Waals surface area contributed by atoms with Crippen LogP contribution in [0.1, 0.15) is 31.9 Å². The van der Waals surface area contributed by atoms with Gasteiger partial charge >= 0.3 is 6.09 Å². The van der Waals surface area contributed by atoms with Crippen molar-refractivity contribution >= 4 is 50.4 Å². The van der Waals surface area contributed by atoms with Crippen LogP contribution in [0.4, 0.5) is 4.79 Å². The topological polar surface area (TPSA) is 64.6 Å². The number of Topliss-reactive ketones (excluding diaryl/α,β-unsaturated/α-hetero) is 1. The molecule has 0 bridgehead atoms. The molecule has 2 rings (SSSR count). The predicted molar refractivity (Wildman–Crippen MR) is 135 cm³/mol. The second-order valence-electron chi connectivity index (χ2n) is 8.47. The molecule has 0 fully saturated rings. The monoisotopic (exact) mass is 601 g/mol. The van der Waals surface area contributed by atoms with E-state index in [1.165, 1.54) is 0 Å². The molecule has 5 nitrogen and oxygen atoms in total. The van der Waals surface area contributed by atoms with Gasteiger partial charge in [0.1, 0.15) is 6.61 Å². The molecule has 0 aromatic heterocycles. The molecule has 0 saturated carbocycles. The van der Waals surface area contributed by atoms with Crippen molar-refractivity contribution in [1.82, 2.24) is 5.32 Å². The number of alkyl halides is 1. The summed E-state index contributed by atoms with van der Waals surface area (Å²) in [6.07, 6.45) is -0.463. The average Bonchev–Trinajstić information content (AvgIpc) is 2.76. The Hall–Kier alpha value is -1.45. The Morgan fingerprint density at radius 2 is 1.74 bits per heavy atom. The minimum absolute atomic E-state index is 0.0647. The zero-order valence-corrected chi connectivity index (χ0v) is 21.9. The largest absolute Gasteiger partial charge is 0.445 e. The summed E-state index contributed by atoms with van der Waals surface area (Å²) in [4.78, 5) is 24.7.